The van der Waals surface area contributed by atoms with Crippen molar-refractivity contribution < 1.29 is 9.53 Å². The highest BCUT2D eigenvalue weighted by atomic mass is 32.1. The standard InChI is InChI=1S/C18H25N5O2S/c1-18(2,3)25-17(24)23-8-6-22(7-9-23)15-4-5-16(20-11-15)19-10-14-12-26-13-21-14/h4-5,11-13H,6-10H2,1-3H3,(H,19,20). The number of anilines is 2. The van der Waals surface area contributed by atoms with E-state index in [0.29, 0.717) is 19.6 Å². The third kappa shape index (κ3) is 5.08. The van der Waals surface area contributed by atoms with E-state index in [-0.39, 0.29) is 6.09 Å². The number of piperazine rings is 1. The normalized spacial score (nSPS) is 15.0. The summed E-state index contributed by atoms with van der Waals surface area (Å²) in [5.41, 5.74) is 3.44. The smallest absolute Gasteiger partial charge is 0.410 e. The molecule has 0 spiro atoms. The van der Waals surface area contributed by atoms with Crippen molar-refractivity contribution in [1.82, 2.24) is 14.9 Å². The van der Waals surface area contributed by atoms with Crippen LogP contribution < -0.4 is 10.2 Å². The van der Waals surface area contributed by atoms with Gasteiger partial charge >= 0.3 is 6.09 Å². The zero-order chi connectivity index (χ0) is 18.6. The number of carbonyl (C=O) groups excluding carboxylic acids is 1. The molecule has 0 unspecified atom stereocenters. The Bertz CT molecular complexity index is 704. The number of aromatic nitrogens is 2. The van der Waals surface area contributed by atoms with Crippen molar-refractivity contribution >= 4 is 28.9 Å². The lowest BCUT2D eigenvalue weighted by atomic mass is 10.2. The van der Waals surface area contributed by atoms with Gasteiger partial charge in [-0.05, 0) is 32.9 Å². The van der Waals surface area contributed by atoms with E-state index in [1.165, 1.54) is 0 Å². The van der Waals surface area contributed by atoms with Crippen molar-refractivity contribution in [3.05, 3.63) is 34.9 Å². The SMILES string of the molecule is CC(C)(C)OC(=O)N1CCN(c2ccc(NCc3cscn3)nc2)CC1. The van der Waals surface area contributed by atoms with E-state index in [2.05, 4.69) is 26.3 Å². The summed E-state index contributed by atoms with van der Waals surface area (Å²) >= 11 is 1.59. The monoisotopic (exact) mass is 375 g/mol. The van der Waals surface area contributed by atoms with Crippen LogP contribution in [0.2, 0.25) is 0 Å². The number of pyridine rings is 1. The maximum absolute atomic E-state index is 12.1. The van der Waals surface area contributed by atoms with Crippen LogP contribution in [0.15, 0.2) is 29.2 Å². The second kappa shape index (κ2) is 7.90. The first-order valence-electron chi connectivity index (χ1n) is 8.70. The number of ether oxygens (including phenoxy) is 1. The molecule has 26 heavy (non-hydrogen) atoms. The van der Waals surface area contributed by atoms with Gasteiger partial charge in [0.05, 0.1) is 29.6 Å². The van der Waals surface area contributed by atoms with Crippen LogP contribution in [0.4, 0.5) is 16.3 Å². The first kappa shape index (κ1) is 18.4. The third-order valence-electron chi connectivity index (χ3n) is 3.98. The van der Waals surface area contributed by atoms with E-state index in [1.807, 2.05) is 43.9 Å². The van der Waals surface area contributed by atoms with E-state index in [1.54, 1.807) is 16.2 Å². The summed E-state index contributed by atoms with van der Waals surface area (Å²) in [4.78, 5) is 24.8. The molecule has 1 aliphatic heterocycles. The van der Waals surface area contributed by atoms with E-state index in [9.17, 15) is 4.79 Å². The van der Waals surface area contributed by atoms with Gasteiger partial charge in [0, 0.05) is 31.6 Å². The van der Waals surface area contributed by atoms with Crippen LogP contribution in [0.25, 0.3) is 0 Å². The van der Waals surface area contributed by atoms with Gasteiger partial charge in [-0.3, -0.25) is 0 Å². The van der Waals surface area contributed by atoms with Gasteiger partial charge < -0.3 is 19.9 Å². The van der Waals surface area contributed by atoms with Crippen LogP contribution >= 0.6 is 11.3 Å². The van der Waals surface area contributed by atoms with E-state index in [0.717, 1.165) is 30.3 Å². The van der Waals surface area contributed by atoms with E-state index in [4.69, 9.17) is 4.74 Å². The molecule has 1 amide bonds. The molecule has 1 saturated heterocycles. The molecule has 8 heteroatoms. The topological polar surface area (TPSA) is 70.6 Å². The van der Waals surface area contributed by atoms with Gasteiger partial charge in [0.25, 0.3) is 0 Å². The molecule has 0 aliphatic carbocycles. The van der Waals surface area contributed by atoms with Crippen molar-refractivity contribution in [2.45, 2.75) is 32.9 Å². The molecule has 1 N–H and O–H groups in total. The summed E-state index contributed by atoms with van der Waals surface area (Å²) < 4.78 is 5.43. The first-order chi connectivity index (χ1) is 12.4. The van der Waals surface area contributed by atoms with Gasteiger partial charge in [-0.15, -0.1) is 11.3 Å². The predicted molar refractivity (Wildman–Crippen MR) is 104 cm³/mol. The molecule has 0 bridgehead atoms. The molecule has 1 aliphatic rings. The van der Waals surface area contributed by atoms with Gasteiger partial charge in [0.15, 0.2) is 0 Å². The molecule has 0 aromatic carbocycles. The minimum absolute atomic E-state index is 0.239. The lowest BCUT2D eigenvalue weighted by molar-refractivity contribution is 0.0240. The van der Waals surface area contributed by atoms with Crippen molar-refractivity contribution in [3.63, 3.8) is 0 Å². The number of hydrogen-bond donors (Lipinski definition) is 1. The van der Waals surface area contributed by atoms with E-state index < -0.39 is 5.60 Å². The first-order valence-corrected chi connectivity index (χ1v) is 9.65. The molecule has 140 valence electrons. The lowest BCUT2D eigenvalue weighted by Gasteiger charge is -2.36. The van der Waals surface area contributed by atoms with Crippen molar-refractivity contribution in [3.8, 4) is 0 Å². The van der Waals surface area contributed by atoms with Crippen molar-refractivity contribution in [2.24, 2.45) is 0 Å². The van der Waals surface area contributed by atoms with Crippen LogP contribution in [0.5, 0.6) is 0 Å². The Kier molecular flexibility index (Phi) is 5.61. The highest BCUT2D eigenvalue weighted by molar-refractivity contribution is 7.07. The average molecular weight is 375 g/mol. The zero-order valence-corrected chi connectivity index (χ0v) is 16.3. The second-order valence-corrected chi connectivity index (χ2v) is 7.91. The van der Waals surface area contributed by atoms with Crippen molar-refractivity contribution in [2.75, 3.05) is 36.4 Å². The second-order valence-electron chi connectivity index (χ2n) is 7.19. The minimum Gasteiger partial charge on any atom is -0.444 e. The molecule has 3 heterocycles. The molecule has 7 nitrogen and oxygen atoms in total. The number of nitrogens with zero attached hydrogens (tertiary/aromatic N) is 4. The number of thiazole rings is 1. The predicted octanol–water partition coefficient (Wildman–Crippen LogP) is 3.21. The molecule has 1 fully saturated rings. The summed E-state index contributed by atoms with van der Waals surface area (Å²) in [7, 11) is 0. The minimum atomic E-state index is -0.459. The molecule has 0 atom stereocenters. The summed E-state index contributed by atoms with van der Waals surface area (Å²) in [6, 6.07) is 4.03. The summed E-state index contributed by atoms with van der Waals surface area (Å²) in [5, 5.41) is 5.29. The van der Waals surface area contributed by atoms with Gasteiger partial charge in [-0.25, -0.2) is 14.8 Å². The quantitative estimate of drug-likeness (QED) is 0.885. The fourth-order valence-electron chi connectivity index (χ4n) is 2.66. The van der Waals surface area contributed by atoms with Gasteiger partial charge in [0.2, 0.25) is 0 Å². The Morgan fingerprint density at radius 2 is 2.00 bits per heavy atom. The third-order valence-corrected chi connectivity index (χ3v) is 4.61. The molecule has 2 aromatic rings. The molecular weight excluding hydrogens is 350 g/mol. The fourth-order valence-corrected chi connectivity index (χ4v) is 3.22. The van der Waals surface area contributed by atoms with Gasteiger partial charge in [0.1, 0.15) is 11.4 Å². The number of carbonyl (C=O) groups is 1. The highest BCUT2D eigenvalue weighted by Gasteiger charge is 2.25. The lowest BCUT2D eigenvalue weighted by Crippen LogP contribution is -2.50. The van der Waals surface area contributed by atoms with Crippen molar-refractivity contribution in [1.29, 1.82) is 0 Å². The fraction of sp³-hybridized carbons (Fsp3) is 0.500. The summed E-state index contributed by atoms with van der Waals surface area (Å²) in [5.74, 6) is 0.828. The van der Waals surface area contributed by atoms with Crippen LogP contribution in [-0.2, 0) is 11.3 Å². The highest BCUT2D eigenvalue weighted by Crippen LogP contribution is 2.19. The number of hydrogen-bond acceptors (Lipinski definition) is 7. The number of nitrogens with one attached hydrogen (secondary N) is 1. The zero-order valence-electron chi connectivity index (χ0n) is 15.4. The maximum Gasteiger partial charge on any atom is 0.410 e. The largest absolute Gasteiger partial charge is 0.444 e. The Labute approximate surface area is 158 Å². The summed E-state index contributed by atoms with van der Waals surface area (Å²) in [6.07, 6.45) is 1.63. The molecule has 2 aromatic heterocycles. The number of amides is 1. The molecule has 0 radical (unpaired) electrons. The van der Waals surface area contributed by atoms with Crippen LogP contribution in [0, 0.1) is 0 Å². The molecule has 3 rings (SSSR count). The molecular formula is C18H25N5O2S. The number of rotatable bonds is 4. The Morgan fingerprint density at radius 1 is 1.23 bits per heavy atom. The Balaban J connectivity index is 1.49. The molecule has 0 saturated carbocycles. The Morgan fingerprint density at radius 3 is 2.58 bits per heavy atom. The average Bonchev–Trinajstić information content (AvgIpc) is 3.13. The van der Waals surface area contributed by atoms with E-state index >= 15 is 0 Å². The van der Waals surface area contributed by atoms with Crippen LogP contribution in [-0.4, -0.2) is 52.7 Å². The maximum atomic E-state index is 12.1. The van der Waals surface area contributed by atoms with Gasteiger partial charge in [-0.1, -0.05) is 0 Å². The summed E-state index contributed by atoms with van der Waals surface area (Å²) in [6.45, 7) is 9.17. The van der Waals surface area contributed by atoms with Gasteiger partial charge in [-0.2, -0.15) is 0 Å². The Hall–Kier alpha value is -2.35. The van der Waals surface area contributed by atoms with Crippen LogP contribution in [0.1, 0.15) is 26.5 Å². The van der Waals surface area contributed by atoms with Crippen LogP contribution in [0.3, 0.4) is 0 Å².